The summed E-state index contributed by atoms with van der Waals surface area (Å²) >= 11 is 8.13. The molecule has 5 aromatic heterocycles. The number of carbonyl (C=O) groups excluding carboxylic acids is 2. The fourth-order valence-corrected chi connectivity index (χ4v) is 9.74. The van der Waals surface area contributed by atoms with Crippen molar-refractivity contribution in [1.29, 1.82) is 0 Å². The fraction of sp³-hybridized carbons (Fsp3) is 0.0556. The lowest BCUT2D eigenvalue weighted by atomic mass is 10.2. The number of ether oxygens (including phenoxy) is 2. The molecule has 45 heavy (non-hydrogen) atoms. The van der Waals surface area contributed by atoms with E-state index in [0.29, 0.717) is 9.75 Å². The summed E-state index contributed by atoms with van der Waals surface area (Å²) in [7, 11) is 0. The van der Waals surface area contributed by atoms with Gasteiger partial charge in [-0.1, -0.05) is 60.7 Å². The maximum atomic E-state index is 12.6. The van der Waals surface area contributed by atoms with E-state index in [2.05, 4.69) is 36.4 Å². The van der Waals surface area contributed by atoms with Gasteiger partial charge in [0.1, 0.15) is 23.0 Å². The molecule has 7 rings (SSSR count). The first kappa shape index (κ1) is 29.6. The van der Waals surface area contributed by atoms with Crippen LogP contribution in [0.4, 0.5) is 0 Å². The molecule has 0 N–H and O–H groups in total. The number of thiophene rings is 5. The van der Waals surface area contributed by atoms with E-state index in [1.165, 1.54) is 42.2 Å². The maximum absolute atomic E-state index is 12.6. The van der Waals surface area contributed by atoms with Crippen molar-refractivity contribution < 1.29 is 19.1 Å². The topological polar surface area (TPSA) is 52.6 Å². The number of hydrogen-bond acceptors (Lipinski definition) is 9. The second-order valence-electron chi connectivity index (χ2n) is 9.94. The number of carbonyl (C=O) groups is 2. The van der Waals surface area contributed by atoms with Gasteiger partial charge in [0.05, 0.1) is 0 Å². The molecule has 0 aliphatic carbocycles. The van der Waals surface area contributed by atoms with Gasteiger partial charge in [-0.05, 0) is 71.8 Å². The zero-order valence-electron chi connectivity index (χ0n) is 23.6. The van der Waals surface area contributed by atoms with Crippen LogP contribution in [-0.2, 0) is 22.7 Å². The van der Waals surface area contributed by atoms with Gasteiger partial charge in [0.2, 0.25) is 0 Å². The van der Waals surface area contributed by atoms with Crippen LogP contribution in [0.1, 0.15) is 30.5 Å². The van der Waals surface area contributed by atoms with Crippen molar-refractivity contribution in [1.82, 2.24) is 0 Å². The summed E-state index contributed by atoms with van der Waals surface area (Å²) in [5, 5.41) is 0. The Morgan fingerprint density at radius 2 is 0.667 bits per heavy atom. The predicted octanol–water partition coefficient (Wildman–Crippen LogP) is 11.4. The quantitative estimate of drug-likeness (QED) is 0.135. The van der Waals surface area contributed by atoms with Crippen LogP contribution < -0.4 is 0 Å². The van der Waals surface area contributed by atoms with Crippen LogP contribution in [0.5, 0.6) is 0 Å². The van der Waals surface area contributed by atoms with E-state index in [0.717, 1.165) is 30.6 Å². The SMILES string of the molecule is O=C(OCc1ccccc1)c1ccc(-c2ccc(-c3ccc(-c4ccc(-c5ccc(C(=O)OCc6ccccc6)s5)s4)s3)s2)s1. The molecular formula is C36H24O4S5. The third kappa shape index (κ3) is 6.93. The number of benzene rings is 2. The monoisotopic (exact) mass is 680 g/mol. The van der Waals surface area contributed by atoms with Gasteiger partial charge in [-0.2, -0.15) is 0 Å². The molecule has 0 saturated heterocycles. The van der Waals surface area contributed by atoms with Gasteiger partial charge in [0.25, 0.3) is 0 Å². The highest BCUT2D eigenvalue weighted by Crippen LogP contribution is 2.44. The Balaban J connectivity index is 0.987. The molecule has 0 fully saturated rings. The zero-order chi connectivity index (χ0) is 30.6. The molecular weight excluding hydrogens is 657 g/mol. The second kappa shape index (κ2) is 13.5. The van der Waals surface area contributed by atoms with E-state index in [1.54, 1.807) is 34.0 Å². The van der Waals surface area contributed by atoms with Gasteiger partial charge in [-0.25, -0.2) is 9.59 Å². The van der Waals surface area contributed by atoms with Gasteiger partial charge in [-0.15, -0.1) is 56.7 Å². The smallest absolute Gasteiger partial charge is 0.348 e. The molecule has 222 valence electrons. The van der Waals surface area contributed by atoms with E-state index in [9.17, 15) is 9.59 Å². The Bertz CT molecular complexity index is 1910. The lowest BCUT2D eigenvalue weighted by molar-refractivity contribution is 0.0469. The van der Waals surface area contributed by atoms with Crippen LogP contribution in [-0.4, -0.2) is 11.9 Å². The van der Waals surface area contributed by atoms with Crippen molar-refractivity contribution in [2.45, 2.75) is 13.2 Å². The number of hydrogen-bond donors (Lipinski definition) is 0. The first-order valence-electron chi connectivity index (χ1n) is 14.0. The Kier molecular flexibility index (Phi) is 8.86. The summed E-state index contributed by atoms with van der Waals surface area (Å²) in [4.78, 5) is 35.6. The Hall–Kier alpha value is -4.12. The van der Waals surface area contributed by atoms with Gasteiger partial charge in [-0.3, -0.25) is 0 Å². The normalized spacial score (nSPS) is 11.0. The Morgan fingerprint density at radius 1 is 0.378 bits per heavy atom. The molecule has 4 nitrogen and oxygen atoms in total. The van der Waals surface area contributed by atoms with Crippen molar-refractivity contribution in [3.8, 4) is 39.0 Å². The average molecular weight is 681 g/mol. The molecule has 0 bridgehead atoms. The van der Waals surface area contributed by atoms with Gasteiger partial charge < -0.3 is 9.47 Å². The molecule has 7 aromatic rings. The lowest BCUT2D eigenvalue weighted by Gasteiger charge is -2.02. The Labute approximate surface area is 280 Å². The molecule has 9 heteroatoms. The molecule has 0 aliphatic rings. The number of rotatable bonds is 10. The molecule has 0 aliphatic heterocycles. The minimum Gasteiger partial charge on any atom is -0.457 e. The predicted molar refractivity (Wildman–Crippen MR) is 189 cm³/mol. The summed E-state index contributed by atoms with van der Waals surface area (Å²) in [5.74, 6) is -0.598. The largest absolute Gasteiger partial charge is 0.457 e. The first-order valence-corrected chi connectivity index (χ1v) is 18.1. The minimum atomic E-state index is -0.299. The molecule has 0 atom stereocenters. The summed E-state index contributed by atoms with van der Waals surface area (Å²) in [6.45, 7) is 0.529. The molecule has 0 saturated carbocycles. The van der Waals surface area contributed by atoms with Gasteiger partial charge in [0, 0.05) is 39.0 Å². The van der Waals surface area contributed by atoms with E-state index >= 15 is 0 Å². The highest BCUT2D eigenvalue weighted by Gasteiger charge is 2.17. The highest BCUT2D eigenvalue weighted by molar-refractivity contribution is 7.30. The minimum absolute atomic E-state index is 0.265. The van der Waals surface area contributed by atoms with Crippen molar-refractivity contribution >= 4 is 68.6 Å². The van der Waals surface area contributed by atoms with Gasteiger partial charge >= 0.3 is 11.9 Å². The van der Waals surface area contributed by atoms with E-state index in [1.807, 2.05) is 84.9 Å². The van der Waals surface area contributed by atoms with Crippen molar-refractivity contribution in [2.75, 3.05) is 0 Å². The molecule has 5 heterocycles. The van der Waals surface area contributed by atoms with Crippen LogP contribution in [0.15, 0.2) is 121 Å². The summed E-state index contributed by atoms with van der Waals surface area (Å²) < 4.78 is 11.0. The fourth-order valence-electron chi connectivity index (χ4n) is 4.56. The molecule has 0 unspecified atom stereocenters. The van der Waals surface area contributed by atoms with Crippen LogP contribution in [0, 0.1) is 0 Å². The summed E-state index contributed by atoms with van der Waals surface area (Å²) in [6, 6.07) is 39.9. The molecule has 0 amide bonds. The van der Waals surface area contributed by atoms with Crippen molar-refractivity contribution in [3.05, 3.63) is 142 Å². The van der Waals surface area contributed by atoms with E-state index < -0.39 is 0 Å². The third-order valence-corrected chi connectivity index (χ3v) is 13.0. The Morgan fingerprint density at radius 3 is 1.00 bits per heavy atom. The van der Waals surface area contributed by atoms with Crippen molar-refractivity contribution in [3.63, 3.8) is 0 Å². The average Bonchev–Trinajstić information content (AvgIpc) is 3.91. The van der Waals surface area contributed by atoms with E-state index in [4.69, 9.17) is 9.47 Å². The van der Waals surface area contributed by atoms with Crippen molar-refractivity contribution in [2.24, 2.45) is 0 Å². The van der Waals surface area contributed by atoms with Crippen LogP contribution >= 0.6 is 56.7 Å². The highest BCUT2D eigenvalue weighted by atomic mass is 32.1. The van der Waals surface area contributed by atoms with Crippen LogP contribution in [0.25, 0.3) is 39.0 Å². The summed E-state index contributed by atoms with van der Waals surface area (Å²) in [6.07, 6.45) is 0. The molecule has 2 aromatic carbocycles. The second-order valence-corrected chi connectivity index (χ2v) is 15.4. The number of esters is 2. The molecule has 0 spiro atoms. The maximum Gasteiger partial charge on any atom is 0.348 e. The lowest BCUT2D eigenvalue weighted by Crippen LogP contribution is -2.02. The zero-order valence-corrected chi connectivity index (χ0v) is 27.7. The third-order valence-electron chi connectivity index (χ3n) is 6.83. The first-order chi connectivity index (χ1) is 22.1. The summed E-state index contributed by atoms with van der Waals surface area (Å²) in [5.41, 5.74) is 1.94. The van der Waals surface area contributed by atoms with Gasteiger partial charge in [0.15, 0.2) is 0 Å². The van der Waals surface area contributed by atoms with E-state index in [-0.39, 0.29) is 25.2 Å². The standard InChI is InChI=1S/C36H24O4S5/c37-35(39-21-23-7-3-1-4-8-23)33-19-17-31(44-33)29-15-13-27(42-29)25-11-12-26(41-25)28-14-16-30(43-28)32-18-20-34(45-32)36(38)40-22-24-9-5-2-6-10-24/h1-20H,21-22H2. The molecule has 0 radical (unpaired) electrons. The van der Waals surface area contributed by atoms with Crippen LogP contribution in [0.2, 0.25) is 0 Å². The van der Waals surface area contributed by atoms with Crippen LogP contribution in [0.3, 0.4) is 0 Å².